The van der Waals surface area contributed by atoms with Gasteiger partial charge in [0, 0.05) is 6.42 Å². The third kappa shape index (κ3) is 14.4. The van der Waals surface area contributed by atoms with Crippen molar-refractivity contribution in [2.75, 3.05) is 6.61 Å². The Balaban J connectivity index is 3.21. The van der Waals surface area contributed by atoms with Crippen molar-refractivity contribution in [2.24, 2.45) is 0 Å². The summed E-state index contributed by atoms with van der Waals surface area (Å²) in [4.78, 5) is 11.6. The van der Waals surface area contributed by atoms with Crippen LogP contribution in [0.5, 0.6) is 0 Å². The van der Waals surface area contributed by atoms with E-state index in [0.29, 0.717) is 6.42 Å². The summed E-state index contributed by atoms with van der Waals surface area (Å²) in [5.74, 6) is 0.0907. The number of hydrogen-bond donors (Lipinski definition) is 2. The highest BCUT2D eigenvalue weighted by Crippen LogP contribution is 2.12. The van der Waals surface area contributed by atoms with Gasteiger partial charge >= 0.3 is 0 Å². The van der Waals surface area contributed by atoms with Crippen LogP contribution >= 0.6 is 0 Å². The van der Waals surface area contributed by atoms with E-state index in [0.717, 1.165) is 19.3 Å². The van der Waals surface area contributed by atoms with Gasteiger partial charge in [-0.25, -0.2) is 0 Å². The molecule has 132 valence electrons. The number of nitrogens with one attached hydrogen (secondary N) is 1. The third-order valence-electron chi connectivity index (χ3n) is 4.34. The first-order valence-electron chi connectivity index (χ1n) is 9.64. The van der Waals surface area contributed by atoms with Crippen LogP contribution in [0, 0.1) is 0 Å². The number of amides is 1. The Kier molecular flexibility index (Phi) is 16.4. The molecule has 22 heavy (non-hydrogen) atoms. The summed E-state index contributed by atoms with van der Waals surface area (Å²) >= 11 is 0. The molecule has 0 aromatic rings. The van der Waals surface area contributed by atoms with Gasteiger partial charge in [-0.15, -0.1) is 0 Å². The van der Waals surface area contributed by atoms with E-state index in [-0.39, 0.29) is 18.6 Å². The molecule has 0 aliphatic rings. The average molecular weight is 314 g/mol. The zero-order chi connectivity index (χ0) is 16.5. The van der Waals surface area contributed by atoms with Crippen molar-refractivity contribution in [3.8, 4) is 0 Å². The molecule has 3 nitrogen and oxygen atoms in total. The lowest BCUT2D eigenvalue weighted by Crippen LogP contribution is -2.36. The molecule has 0 fully saturated rings. The van der Waals surface area contributed by atoms with Crippen molar-refractivity contribution in [1.29, 1.82) is 0 Å². The maximum absolute atomic E-state index is 11.6. The lowest BCUT2D eigenvalue weighted by molar-refractivity contribution is -0.122. The van der Waals surface area contributed by atoms with E-state index < -0.39 is 0 Å². The summed E-state index contributed by atoms with van der Waals surface area (Å²) in [5.41, 5.74) is 0. The Labute approximate surface area is 138 Å². The van der Waals surface area contributed by atoms with E-state index in [1.807, 2.05) is 6.92 Å². The van der Waals surface area contributed by atoms with Gasteiger partial charge in [-0.1, -0.05) is 84.5 Å². The zero-order valence-corrected chi connectivity index (χ0v) is 15.0. The molecule has 1 amide bonds. The zero-order valence-electron chi connectivity index (χ0n) is 15.0. The predicted octanol–water partition coefficient (Wildman–Crippen LogP) is 4.96. The van der Waals surface area contributed by atoms with Crippen LogP contribution in [-0.2, 0) is 4.79 Å². The van der Waals surface area contributed by atoms with Crippen molar-refractivity contribution in [1.82, 2.24) is 5.32 Å². The van der Waals surface area contributed by atoms with Crippen molar-refractivity contribution in [3.63, 3.8) is 0 Å². The number of carbonyl (C=O) groups is 1. The smallest absolute Gasteiger partial charge is 0.220 e. The molecule has 2 N–H and O–H groups in total. The molecule has 0 aromatic heterocycles. The van der Waals surface area contributed by atoms with Gasteiger partial charge in [0.05, 0.1) is 12.6 Å². The van der Waals surface area contributed by atoms with Crippen LogP contribution < -0.4 is 5.32 Å². The van der Waals surface area contributed by atoms with Crippen LogP contribution in [0.25, 0.3) is 0 Å². The summed E-state index contributed by atoms with van der Waals surface area (Å²) < 4.78 is 0. The SMILES string of the molecule is CCCCCCCCCCCCCCC(=O)NC(CC)CO. The number of carbonyl (C=O) groups excluding carboxylic acids is 1. The molecule has 0 saturated heterocycles. The van der Waals surface area contributed by atoms with Gasteiger partial charge in [-0.2, -0.15) is 0 Å². The highest BCUT2D eigenvalue weighted by atomic mass is 16.3. The van der Waals surface area contributed by atoms with E-state index in [4.69, 9.17) is 5.11 Å². The topological polar surface area (TPSA) is 49.3 Å². The number of hydrogen-bond acceptors (Lipinski definition) is 2. The second-order valence-corrected chi connectivity index (χ2v) is 6.49. The second-order valence-electron chi connectivity index (χ2n) is 6.49. The molecule has 0 aliphatic heterocycles. The Hall–Kier alpha value is -0.570. The van der Waals surface area contributed by atoms with Crippen LogP contribution in [-0.4, -0.2) is 23.7 Å². The minimum atomic E-state index is -0.0650. The molecule has 0 rings (SSSR count). The van der Waals surface area contributed by atoms with E-state index in [1.54, 1.807) is 0 Å². The van der Waals surface area contributed by atoms with Gasteiger partial charge in [-0.3, -0.25) is 4.79 Å². The molecule has 1 atom stereocenters. The van der Waals surface area contributed by atoms with Gasteiger partial charge in [0.2, 0.25) is 5.91 Å². The second kappa shape index (κ2) is 16.8. The van der Waals surface area contributed by atoms with Gasteiger partial charge in [0.1, 0.15) is 0 Å². The molecule has 0 aromatic carbocycles. The molecular weight excluding hydrogens is 274 g/mol. The molecule has 0 radical (unpaired) electrons. The fourth-order valence-electron chi connectivity index (χ4n) is 2.70. The van der Waals surface area contributed by atoms with E-state index in [9.17, 15) is 4.79 Å². The molecule has 0 saturated carbocycles. The Bertz CT molecular complexity index is 240. The first-order valence-corrected chi connectivity index (χ1v) is 9.64. The van der Waals surface area contributed by atoms with E-state index in [2.05, 4.69) is 12.2 Å². The summed E-state index contributed by atoms with van der Waals surface area (Å²) in [5, 5.41) is 11.9. The fourth-order valence-corrected chi connectivity index (χ4v) is 2.70. The molecule has 0 bridgehead atoms. The Morgan fingerprint density at radius 1 is 0.818 bits per heavy atom. The molecule has 3 heteroatoms. The van der Waals surface area contributed by atoms with Crippen molar-refractivity contribution >= 4 is 5.91 Å². The van der Waals surface area contributed by atoms with Gasteiger partial charge in [0.25, 0.3) is 0 Å². The molecule has 1 unspecified atom stereocenters. The highest BCUT2D eigenvalue weighted by Gasteiger charge is 2.08. The largest absolute Gasteiger partial charge is 0.394 e. The standard InChI is InChI=1S/C19H39NO2/c1-3-5-6-7-8-9-10-11-12-13-14-15-16-19(22)20-18(4-2)17-21/h18,21H,3-17H2,1-2H3,(H,20,22). The Morgan fingerprint density at radius 2 is 1.27 bits per heavy atom. The lowest BCUT2D eigenvalue weighted by atomic mass is 10.0. The molecule has 0 aliphatic carbocycles. The maximum atomic E-state index is 11.6. The Morgan fingerprint density at radius 3 is 1.68 bits per heavy atom. The lowest BCUT2D eigenvalue weighted by Gasteiger charge is -2.13. The van der Waals surface area contributed by atoms with E-state index >= 15 is 0 Å². The predicted molar refractivity (Wildman–Crippen MR) is 95.0 cm³/mol. The van der Waals surface area contributed by atoms with Crippen LogP contribution in [0.15, 0.2) is 0 Å². The third-order valence-corrected chi connectivity index (χ3v) is 4.34. The minimum Gasteiger partial charge on any atom is -0.394 e. The summed E-state index contributed by atoms with van der Waals surface area (Å²) in [6, 6.07) is -0.0650. The number of aliphatic hydroxyl groups is 1. The quantitative estimate of drug-likeness (QED) is 0.395. The van der Waals surface area contributed by atoms with Crippen LogP contribution in [0.3, 0.4) is 0 Å². The van der Waals surface area contributed by atoms with Crippen molar-refractivity contribution in [2.45, 2.75) is 110 Å². The van der Waals surface area contributed by atoms with Crippen LogP contribution in [0.2, 0.25) is 0 Å². The molecule has 0 heterocycles. The summed E-state index contributed by atoms with van der Waals surface area (Å²) in [7, 11) is 0. The first-order chi connectivity index (χ1) is 10.7. The minimum absolute atomic E-state index is 0.0423. The van der Waals surface area contributed by atoms with Crippen molar-refractivity contribution < 1.29 is 9.90 Å². The monoisotopic (exact) mass is 313 g/mol. The van der Waals surface area contributed by atoms with Crippen LogP contribution in [0.1, 0.15) is 104 Å². The highest BCUT2D eigenvalue weighted by molar-refractivity contribution is 5.76. The maximum Gasteiger partial charge on any atom is 0.220 e. The summed E-state index contributed by atoms with van der Waals surface area (Å²) in [6.45, 7) is 4.28. The number of unbranched alkanes of at least 4 members (excludes halogenated alkanes) is 11. The fraction of sp³-hybridized carbons (Fsp3) is 0.947. The normalized spacial score (nSPS) is 12.3. The molecule has 0 spiro atoms. The van der Waals surface area contributed by atoms with Crippen LogP contribution in [0.4, 0.5) is 0 Å². The number of rotatable bonds is 16. The van der Waals surface area contributed by atoms with Gasteiger partial charge in [-0.05, 0) is 12.8 Å². The van der Waals surface area contributed by atoms with Gasteiger partial charge < -0.3 is 10.4 Å². The average Bonchev–Trinajstić information content (AvgIpc) is 2.53. The van der Waals surface area contributed by atoms with E-state index in [1.165, 1.54) is 64.2 Å². The number of aliphatic hydroxyl groups excluding tert-OH is 1. The first kappa shape index (κ1) is 21.4. The molecular formula is C19H39NO2. The van der Waals surface area contributed by atoms with Gasteiger partial charge in [0.15, 0.2) is 0 Å². The summed E-state index contributed by atoms with van der Waals surface area (Å²) in [6.07, 6.45) is 17.2. The van der Waals surface area contributed by atoms with Crippen molar-refractivity contribution in [3.05, 3.63) is 0 Å².